The molecule has 1 N–H and O–H groups in total. The summed E-state index contributed by atoms with van der Waals surface area (Å²) in [7, 11) is 0. The van der Waals surface area contributed by atoms with Crippen LogP contribution in [0.5, 0.6) is 0 Å². The lowest BCUT2D eigenvalue weighted by atomic mass is 10.1. The molecule has 0 aliphatic carbocycles. The maximum absolute atomic E-state index is 9.46. The number of benzene rings is 1. The Kier molecular flexibility index (Phi) is 3.82. The van der Waals surface area contributed by atoms with Crippen molar-refractivity contribution in [3.05, 3.63) is 46.9 Å². The number of halogens is 1. The maximum atomic E-state index is 9.46. The van der Waals surface area contributed by atoms with Crippen molar-refractivity contribution in [3.63, 3.8) is 0 Å². The van der Waals surface area contributed by atoms with Crippen LogP contribution in [0, 0.1) is 6.92 Å². The summed E-state index contributed by atoms with van der Waals surface area (Å²) in [4.78, 5) is 2.01. The molecule has 1 aromatic carbocycles. The van der Waals surface area contributed by atoms with Gasteiger partial charge in [-0.05, 0) is 37.6 Å². The number of aliphatic hydroxyl groups is 1. The second-order valence-corrected chi connectivity index (χ2v) is 5.30. The van der Waals surface area contributed by atoms with Crippen LogP contribution in [-0.4, -0.2) is 5.11 Å². The second kappa shape index (κ2) is 5.17. The van der Waals surface area contributed by atoms with E-state index in [0.717, 1.165) is 21.1 Å². The standard InChI is InChI=1S/C13H13ClO2S/c1-8(15)10-3-4-13(11(14)7-10)17-12-5-6-16-9(12)2/h3-8,15H,1-2H3. The third-order valence-corrected chi connectivity index (χ3v) is 4.11. The van der Waals surface area contributed by atoms with Crippen molar-refractivity contribution >= 4 is 23.4 Å². The molecule has 0 aliphatic heterocycles. The molecule has 1 atom stereocenters. The van der Waals surface area contributed by atoms with Gasteiger partial charge in [-0.1, -0.05) is 29.4 Å². The van der Waals surface area contributed by atoms with Crippen molar-refractivity contribution in [2.45, 2.75) is 29.7 Å². The zero-order chi connectivity index (χ0) is 12.4. The monoisotopic (exact) mass is 268 g/mol. The Morgan fingerprint density at radius 2 is 2.06 bits per heavy atom. The summed E-state index contributed by atoms with van der Waals surface area (Å²) < 4.78 is 5.23. The summed E-state index contributed by atoms with van der Waals surface area (Å²) in [6.45, 7) is 3.64. The normalized spacial score (nSPS) is 12.7. The van der Waals surface area contributed by atoms with Crippen LogP contribution in [0.4, 0.5) is 0 Å². The number of hydrogen-bond donors (Lipinski definition) is 1. The number of rotatable bonds is 3. The predicted molar refractivity (Wildman–Crippen MR) is 69.7 cm³/mol. The van der Waals surface area contributed by atoms with Gasteiger partial charge >= 0.3 is 0 Å². The molecular formula is C13H13ClO2S. The van der Waals surface area contributed by atoms with E-state index in [1.54, 1.807) is 31.0 Å². The van der Waals surface area contributed by atoms with Crippen LogP contribution in [0.25, 0.3) is 0 Å². The summed E-state index contributed by atoms with van der Waals surface area (Å²) in [5.41, 5.74) is 0.822. The fourth-order valence-electron chi connectivity index (χ4n) is 1.46. The van der Waals surface area contributed by atoms with Crippen molar-refractivity contribution < 1.29 is 9.52 Å². The Morgan fingerprint density at radius 3 is 2.59 bits per heavy atom. The van der Waals surface area contributed by atoms with Crippen molar-refractivity contribution in [2.75, 3.05) is 0 Å². The molecule has 0 saturated carbocycles. The molecule has 0 bridgehead atoms. The van der Waals surface area contributed by atoms with E-state index in [-0.39, 0.29) is 0 Å². The minimum atomic E-state index is -0.498. The Labute approximate surface area is 110 Å². The minimum absolute atomic E-state index is 0.498. The largest absolute Gasteiger partial charge is 0.468 e. The van der Waals surface area contributed by atoms with Gasteiger partial charge in [0, 0.05) is 4.90 Å². The van der Waals surface area contributed by atoms with Crippen molar-refractivity contribution in [3.8, 4) is 0 Å². The average molecular weight is 269 g/mol. The van der Waals surface area contributed by atoms with Crippen molar-refractivity contribution in [1.82, 2.24) is 0 Å². The lowest BCUT2D eigenvalue weighted by Gasteiger charge is -2.08. The second-order valence-electron chi connectivity index (χ2n) is 3.81. The fourth-order valence-corrected chi connectivity index (χ4v) is 2.61. The van der Waals surface area contributed by atoms with Crippen LogP contribution in [-0.2, 0) is 0 Å². The van der Waals surface area contributed by atoms with E-state index in [0.29, 0.717) is 5.02 Å². The topological polar surface area (TPSA) is 33.4 Å². The van der Waals surface area contributed by atoms with Gasteiger partial charge in [0.1, 0.15) is 5.76 Å². The van der Waals surface area contributed by atoms with Crippen molar-refractivity contribution in [1.29, 1.82) is 0 Å². The lowest BCUT2D eigenvalue weighted by Crippen LogP contribution is -1.90. The molecule has 0 spiro atoms. The molecule has 17 heavy (non-hydrogen) atoms. The first-order chi connectivity index (χ1) is 8.08. The lowest BCUT2D eigenvalue weighted by molar-refractivity contribution is 0.199. The summed E-state index contributed by atoms with van der Waals surface area (Å²) in [5.74, 6) is 0.880. The maximum Gasteiger partial charge on any atom is 0.114 e. The molecule has 0 radical (unpaired) electrons. The van der Waals surface area contributed by atoms with Gasteiger partial charge in [-0.2, -0.15) is 0 Å². The van der Waals surface area contributed by atoms with Gasteiger partial charge in [-0.15, -0.1) is 0 Å². The molecule has 2 aromatic rings. The summed E-state index contributed by atoms with van der Waals surface area (Å²) >= 11 is 7.74. The Hall–Kier alpha value is -0.900. The van der Waals surface area contributed by atoms with Crippen LogP contribution in [0.2, 0.25) is 5.02 Å². The molecular weight excluding hydrogens is 256 g/mol. The first-order valence-electron chi connectivity index (χ1n) is 5.27. The third kappa shape index (κ3) is 2.86. The smallest absolute Gasteiger partial charge is 0.114 e. The average Bonchev–Trinajstić information content (AvgIpc) is 2.67. The van der Waals surface area contributed by atoms with Crippen LogP contribution < -0.4 is 0 Å². The Balaban J connectivity index is 2.26. The highest BCUT2D eigenvalue weighted by Gasteiger charge is 2.09. The summed E-state index contributed by atoms with van der Waals surface area (Å²) in [6.07, 6.45) is 1.16. The van der Waals surface area contributed by atoms with E-state index in [2.05, 4.69) is 0 Å². The third-order valence-electron chi connectivity index (χ3n) is 2.47. The van der Waals surface area contributed by atoms with E-state index < -0.39 is 6.10 Å². The molecule has 2 rings (SSSR count). The molecule has 1 unspecified atom stereocenters. The zero-order valence-corrected chi connectivity index (χ0v) is 11.2. The van der Waals surface area contributed by atoms with Gasteiger partial charge < -0.3 is 9.52 Å². The zero-order valence-electron chi connectivity index (χ0n) is 9.61. The van der Waals surface area contributed by atoms with Crippen LogP contribution >= 0.6 is 23.4 Å². The molecule has 90 valence electrons. The van der Waals surface area contributed by atoms with Gasteiger partial charge in [0.25, 0.3) is 0 Å². The molecule has 0 fully saturated rings. The molecule has 2 nitrogen and oxygen atoms in total. The van der Waals surface area contributed by atoms with Gasteiger partial charge in [-0.25, -0.2) is 0 Å². The summed E-state index contributed by atoms with van der Waals surface area (Å²) in [6, 6.07) is 7.51. The SMILES string of the molecule is Cc1occc1Sc1ccc(C(C)O)cc1Cl. The van der Waals surface area contributed by atoms with E-state index in [4.69, 9.17) is 16.0 Å². The quantitative estimate of drug-likeness (QED) is 0.893. The minimum Gasteiger partial charge on any atom is -0.468 e. The van der Waals surface area contributed by atoms with Crippen LogP contribution in [0.3, 0.4) is 0 Å². The molecule has 4 heteroatoms. The Morgan fingerprint density at radius 1 is 1.29 bits per heavy atom. The number of furan rings is 1. The van der Waals surface area contributed by atoms with Crippen LogP contribution in [0.1, 0.15) is 24.4 Å². The molecule has 0 saturated heterocycles. The van der Waals surface area contributed by atoms with Crippen molar-refractivity contribution in [2.24, 2.45) is 0 Å². The number of aryl methyl sites for hydroxylation is 1. The molecule has 0 aliphatic rings. The van der Waals surface area contributed by atoms with E-state index in [1.165, 1.54) is 0 Å². The highest BCUT2D eigenvalue weighted by molar-refractivity contribution is 7.99. The molecule has 1 aromatic heterocycles. The highest BCUT2D eigenvalue weighted by Crippen LogP contribution is 2.36. The molecule has 0 amide bonds. The van der Waals surface area contributed by atoms with Gasteiger partial charge in [0.05, 0.1) is 22.3 Å². The number of hydrogen-bond acceptors (Lipinski definition) is 3. The van der Waals surface area contributed by atoms with Gasteiger partial charge in [0.2, 0.25) is 0 Å². The predicted octanol–water partition coefficient (Wildman–Crippen LogP) is 4.45. The Bertz CT molecular complexity index is 520. The fraction of sp³-hybridized carbons (Fsp3) is 0.231. The summed E-state index contributed by atoms with van der Waals surface area (Å²) in [5, 5.41) is 10.1. The highest BCUT2D eigenvalue weighted by atomic mass is 35.5. The molecule has 1 heterocycles. The first kappa shape index (κ1) is 12.6. The number of aliphatic hydroxyl groups excluding tert-OH is 1. The first-order valence-corrected chi connectivity index (χ1v) is 6.47. The van der Waals surface area contributed by atoms with Gasteiger partial charge in [-0.3, -0.25) is 0 Å². The van der Waals surface area contributed by atoms with E-state index in [1.807, 2.05) is 25.1 Å². The van der Waals surface area contributed by atoms with E-state index in [9.17, 15) is 5.11 Å². The van der Waals surface area contributed by atoms with Crippen LogP contribution in [0.15, 0.2) is 44.7 Å². The van der Waals surface area contributed by atoms with Gasteiger partial charge in [0.15, 0.2) is 0 Å². The van der Waals surface area contributed by atoms with E-state index >= 15 is 0 Å².